The first-order chi connectivity index (χ1) is 15.3. The molecule has 0 unspecified atom stereocenters. The Morgan fingerprint density at radius 2 is 1.94 bits per heavy atom. The van der Waals surface area contributed by atoms with Gasteiger partial charge in [0, 0.05) is 43.6 Å². The van der Waals surface area contributed by atoms with Crippen molar-refractivity contribution in [1.82, 2.24) is 15.3 Å². The minimum Gasteiger partial charge on any atom is -0.454 e. The van der Waals surface area contributed by atoms with Crippen LogP contribution in [0.5, 0.6) is 11.5 Å². The van der Waals surface area contributed by atoms with Crippen LogP contribution >= 0.6 is 0 Å². The van der Waals surface area contributed by atoms with Gasteiger partial charge < -0.3 is 10.1 Å². The highest BCUT2D eigenvalue weighted by Crippen LogP contribution is 2.25. The Balaban J connectivity index is 1.53. The maximum absolute atomic E-state index is 13.8. The minimum absolute atomic E-state index is 0.0582. The van der Waals surface area contributed by atoms with Gasteiger partial charge in [-0.15, -0.1) is 0 Å². The van der Waals surface area contributed by atoms with Gasteiger partial charge in [0.15, 0.2) is 23.4 Å². The lowest BCUT2D eigenvalue weighted by Gasteiger charge is -2.20. The first-order valence-electron chi connectivity index (χ1n) is 9.47. The topological polar surface area (TPSA) is 101 Å². The van der Waals surface area contributed by atoms with Crippen molar-refractivity contribution in [1.29, 1.82) is 0 Å². The van der Waals surface area contributed by atoms with E-state index >= 15 is 0 Å². The fourth-order valence-corrected chi connectivity index (χ4v) is 3.23. The highest BCUT2D eigenvalue weighted by Gasteiger charge is 2.36. The third kappa shape index (κ3) is 4.15. The number of ether oxygens (including phenoxy) is 1. The number of pyridine rings is 2. The lowest BCUT2D eigenvalue weighted by Crippen LogP contribution is -2.51. The largest absolute Gasteiger partial charge is 0.454 e. The standard InChI is InChI=1S/C22H16F2N4O4/c1-28-20-12(3-2-7-26-20)9-17(29)19(22(28)31)27-21(30)16-11-14(6-8-25-16)32-18-5-4-13(23)10-15(18)24/h2-8,10-11,19H,9H2,1H3,(H,27,30)/t19-/m0/s1. The summed E-state index contributed by atoms with van der Waals surface area (Å²) >= 11 is 0. The first-order valence-corrected chi connectivity index (χ1v) is 9.47. The first kappa shape index (κ1) is 21.0. The average molecular weight is 438 g/mol. The molecule has 0 spiro atoms. The number of aromatic nitrogens is 2. The zero-order valence-corrected chi connectivity index (χ0v) is 16.7. The molecular formula is C22H16F2N4O4. The predicted octanol–water partition coefficient (Wildman–Crippen LogP) is 2.43. The molecule has 32 heavy (non-hydrogen) atoms. The van der Waals surface area contributed by atoms with Crippen LogP contribution in [0, 0.1) is 11.6 Å². The summed E-state index contributed by atoms with van der Waals surface area (Å²) in [5.74, 6) is -3.45. The molecule has 3 heterocycles. The fourth-order valence-electron chi connectivity index (χ4n) is 3.23. The van der Waals surface area contributed by atoms with Crippen molar-refractivity contribution < 1.29 is 27.9 Å². The maximum atomic E-state index is 13.8. The smallest absolute Gasteiger partial charge is 0.270 e. The number of fused-ring (bicyclic) bond motifs is 1. The minimum atomic E-state index is -1.43. The lowest BCUT2D eigenvalue weighted by atomic mass is 10.1. The Kier molecular flexibility index (Phi) is 5.59. The molecule has 4 rings (SSSR count). The number of rotatable bonds is 4. The van der Waals surface area contributed by atoms with E-state index in [9.17, 15) is 23.2 Å². The summed E-state index contributed by atoms with van der Waals surface area (Å²) in [6, 6.07) is 7.30. The van der Waals surface area contributed by atoms with Crippen molar-refractivity contribution >= 4 is 23.4 Å². The molecule has 2 amide bonds. The normalized spacial score (nSPS) is 15.7. The Hall–Kier alpha value is -4.21. The SMILES string of the molecule is CN1C(=O)[C@@H](NC(=O)c2cc(Oc3ccc(F)cc3F)ccn2)C(=O)Cc2cccnc21. The predicted molar refractivity (Wildman–Crippen MR) is 108 cm³/mol. The van der Waals surface area contributed by atoms with Gasteiger partial charge in [-0.25, -0.2) is 13.8 Å². The fraction of sp³-hybridized carbons (Fsp3) is 0.136. The number of carbonyl (C=O) groups excluding carboxylic acids is 3. The van der Waals surface area contributed by atoms with Crippen LogP contribution < -0.4 is 15.0 Å². The van der Waals surface area contributed by atoms with Crippen LogP contribution in [-0.4, -0.2) is 40.7 Å². The number of anilines is 1. The van der Waals surface area contributed by atoms with E-state index in [1.165, 1.54) is 36.5 Å². The monoisotopic (exact) mass is 438 g/mol. The van der Waals surface area contributed by atoms with E-state index in [2.05, 4.69) is 15.3 Å². The van der Waals surface area contributed by atoms with E-state index in [0.717, 1.165) is 12.1 Å². The molecule has 1 N–H and O–H groups in total. The van der Waals surface area contributed by atoms with Crippen molar-refractivity contribution in [3.8, 4) is 11.5 Å². The summed E-state index contributed by atoms with van der Waals surface area (Å²) in [4.78, 5) is 47.5. The summed E-state index contributed by atoms with van der Waals surface area (Å²) in [6.45, 7) is 0. The highest BCUT2D eigenvalue weighted by molar-refractivity contribution is 6.16. The van der Waals surface area contributed by atoms with Gasteiger partial charge in [-0.3, -0.25) is 24.3 Å². The number of amides is 2. The molecule has 8 nitrogen and oxygen atoms in total. The summed E-state index contributed by atoms with van der Waals surface area (Å²) in [6.07, 6.45) is 2.67. The number of hydrogen-bond acceptors (Lipinski definition) is 6. The molecule has 162 valence electrons. The van der Waals surface area contributed by atoms with Gasteiger partial charge in [-0.1, -0.05) is 6.07 Å². The van der Waals surface area contributed by atoms with Crippen molar-refractivity contribution in [2.24, 2.45) is 0 Å². The van der Waals surface area contributed by atoms with E-state index in [1.807, 2.05) is 0 Å². The van der Waals surface area contributed by atoms with E-state index in [1.54, 1.807) is 12.1 Å². The molecule has 1 aliphatic heterocycles. The van der Waals surface area contributed by atoms with Gasteiger partial charge in [0.25, 0.3) is 11.8 Å². The van der Waals surface area contributed by atoms with Gasteiger partial charge in [0.1, 0.15) is 23.1 Å². The number of Topliss-reactive ketones (excluding diaryl/α,β-unsaturated/α-hetero) is 1. The number of hydrogen-bond donors (Lipinski definition) is 1. The number of ketones is 1. The van der Waals surface area contributed by atoms with E-state index < -0.39 is 35.3 Å². The Bertz CT molecular complexity index is 1230. The van der Waals surface area contributed by atoms with Gasteiger partial charge >= 0.3 is 0 Å². The van der Waals surface area contributed by atoms with Crippen LogP contribution in [0.1, 0.15) is 16.1 Å². The second-order valence-electron chi connectivity index (χ2n) is 6.99. The molecule has 3 aromatic rings. The summed E-state index contributed by atoms with van der Waals surface area (Å²) in [5, 5.41) is 2.40. The van der Waals surface area contributed by atoms with Crippen molar-refractivity contribution in [2.75, 3.05) is 11.9 Å². The average Bonchev–Trinajstić information content (AvgIpc) is 2.86. The number of carbonyl (C=O) groups is 3. The molecule has 0 radical (unpaired) electrons. The summed E-state index contributed by atoms with van der Waals surface area (Å²) < 4.78 is 32.3. The lowest BCUT2D eigenvalue weighted by molar-refractivity contribution is -0.128. The molecular weight excluding hydrogens is 422 g/mol. The van der Waals surface area contributed by atoms with Crippen molar-refractivity contribution in [3.05, 3.63) is 77.8 Å². The molecule has 0 fully saturated rings. The third-order valence-electron chi connectivity index (χ3n) is 4.81. The maximum Gasteiger partial charge on any atom is 0.270 e. The molecule has 0 aliphatic carbocycles. The number of nitrogens with zero attached hydrogens (tertiary/aromatic N) is 3. The zero-order valence-electron chi connectivity index (χ0n) is 16.7. The van der Waals surface area contributed by atoms with Crippen molar-refractivity contribution in [3.63, 3.8) is 0 Å². The van der Waals surface area contributed by atoms with Crippen LogP contribution in [0.3, 0.4) is 0 Å². The molecule has 0 saturated heterocycles. The summed E-state index contributed by atoms with van der Waals surface area (Å²) in [7, 11) is 1.47. The van der Waals surface area contributed by atoms with E-state index in [-0.39, 0.29) is 23.6 Å². The molecule has 0 bridgehead atoms. The Morgan fingerprint density at radius 3 is 2.72 bits per heavy atom. The Morgan fingerprint density at radius 1 is 1.12 bits per heavy atom. The summed E-state index contributed by atoms with van der Waals surface area (Å²) in [5.41, 5.74) is 0.410. The number of likely N-dealkylation sites (N-methyl/N-ethyl adjacent to an activating group) is 1. The van der Waals surface area contributed by atoms with Crippen molar-refractivity contribution in [2.45, 2.75) is 12.5 Å². The molecule has 2 aromatic heterocycles. The van der Waals surface area contributed by atoms with Gasteiger partial charge in [-0.05, 0) is 24.3 Å². The molecule has 1 aliphatic rings. The number of benzene rings is 1. The highest BCUT2D eigenvalue weighted by atomic mass is 19.1. The molecule has 1 atom stereocenters. The van der Waals surface area contributed by atoms with Gasteiger partial charge in [-0.2, -0.15) is 0 Å². The third-order valence-corrected chi connectivity index (χ3v) is 4.81. The van der Waals surface area contributed by atoms with Crippen LogP contribution in [0.4, 0.5) is 14.6 Å². The quantitative estimate of drug-likeness (QED) is 0.628. The van der Waals surface area contributed by atoms with Crippen LogP contribution in [0.25, 0.3) is 0 Å². The van der Waals surface area contributed by atoms with Gasteiger partial charge in [0.2, 0.25) is 0 Å². The van der Waals surface area contributed by atoms with E-state index in [4.69, 9.17) is 4.74 Å². The second kappa shape index (κ2) is 8.50. The van der Waals surface area contributed by atoms with Gasteiger partial charge in [0.05, 0.1) is 0 Å². The number of nitrogens with one attached hydrogen (secondary N) is 1. The van der Waals surface area contributed by atoms with Crippen LogP contribution in [-0.2, 0) is 16.0 Å². The number of halogens is 2. The molecule has 1 aromatic carbocycles. The zero-order chi connectivity index (χ0) is 22.8. The molecule has 0 saturated carbocycles. The Labute approximate surface area is 180 Å². The van der Waals surface area contributed by atoms with E-state index in [0.29, 0.717) is 17.4 Å². The molecule has 10 heteroatoms. The van der Waals surface area contributed by atoms with Crippen LogP contribution in [0.15, 0.2) is 54.9 Å². The second-order valence-corrected chi connectivity index (χ2v) is 6.99. The van der Waals surface area contributed by atoms with Crippen LogP contribution in [0.2, 0.25) is 0 Å².